The van der Waals surface area contributed by atoms with Gasteiger partial charge in [-0.1, -0.05) is 17.7 Å². The Morgan fingerprint density at radius 3 is 2.29 bits per heavy atom. The summed E-state index contributed by atoms with van der Waals surface area (Å²) < 4.78 is 65.6. The second kappa shape index (κ2) is 8.44. The fourth-order valence-corrected chi connectivity index (χ4v) is 5.01. The fourth-order valence-electron chi connectivity index (χ4n) is 3.08. The molecule has 2 aromatic carbocycles. The molecule has 13 heteroatoms. The van der Waals surface area contributed by atoms with Crippen molar-refractivity contribution < 1.29 is 31.3 Å². The molecule has 1 heterocycles. The predicted molar refractivity (Wildman–Crippen MR) is 104 cm³/mol. The van der Waals surface area contributed by atoms with E-state index in [1.807, 2.05) is 0 Å². The van der Waals surface area contributed by atoms with Crippen LogP contribution in [0.2, 0.25) is 5.02 Å². The summed E-state index contributed by atoms with van der Waals surface area (Å²) in [6.45, 7) is -0.431. The first kappa shape index (κ1) is 23.0. The molecule has 0 unspecified atom stereocenters. The molecule has 8 nitrogen and oxygen atoms in total. The van der Waals surface area contributed by atoms with Gasteiger partial charge < -0.3 is 4.90 Å². The van der Waals surface area contributed by atoms with Crippen LogP contribution in [0.5, 0.6) is 0 Å². The third-order valence-electron chi connectivity index (χ3n) is 4.71. The zero-order valence-corrected chi connectivity index (χ0v) is 17.2. The van der Waals surface area contributed by atoms with Gasteiger partial charge in [-0.2, -0.15) is 17.5 Å². The van der Waals surface area contributed by atoms with Crippen LogP contribution in [-0.2, 0) is 16.2 Å². The van der Waals surface area contributed by atoms with E-state index >= 15 is 0 Å². The Bertz CT molecular complexity index is 1130. The molecule has 0 bridgehead atoms. The molecule has 1 amide bonds. The van der Waals surface area contributed by atoms with Crippen molar-refractivity contribution in [1.82, 2.24) is 9.21 Å². The fraction of sp³-hybridized carbons (Fsp3) is 0.278. The number of nitrogens with zero attached hydrogens (tertiary/aromatic N) is 3. The zero-order chi connectivity index (χ0) is 23.0. The highest BCUT2D eigenvalue weighted by Gasteiger charge is 2.36. The minimum Gasteiger partial charge on any atom is -0.336 e. The molecule has 166 valence electrons. The number of hydrogen-bond acceptors (Lipinski definition) is 5. The first-order valence-corrected chi connectivity index (χ1v) is 10.6. The Hall–Kier alpha value is -2.70. The maximum absolute atomic E-state index is 13.0. The second-order valence-electron chi connectivity index (χ2n) is 6.65. The van der Waals surface area contributed by atoms with Gasteiger partial charge in [0.2, 0.25) is 10.0 Å². The van der Waals surface area contributed by atoms with Gasteiger partial charge in [-0.05, 0) is 24.3 Å². The summed E-state index contributed by atoms with van der Waals surface area (Å²) in [4.78, 5) is 23.5. The summed E-state index contributed by atoms with van der Waals surface area (Å²) in [5.74, 6) is -0.516. The van der Waals surface area contributed by atoms with Crippen LogP contribution in [-0.4, -0.2) is 54.6 Å². The standard InChI is InChI=1S/C18H15ClF3N3O5S/c19-15-5-4-13(18(20,21)22)11-16(15)31(29,30)24-8-6-23(7-9-24)17(26)12-2-1-3-14(10-12)25(27)28/h1-5,10-11H,6-9H2. The molecule has 0 atom stereocenters. The van der Waals surface area contributed by atoms with Crippen LogP contribution in [0.3, 0.4) is 0 Å². The van der Waals surface area contributed by atoms with Gasteiger partial charge in [0.05, 0.1) is 15.5 Å². The lowest BCUT2D eigenvalue weighted by molar-refractivity contribution is -0.384. The van der Waals surface area contributed by atoms with Crippen molar-refractivity contribution in [2.75, 3.05) is 26.2 Å². The van der Waals surface area contributed by atoms with Gasteiger partial charge in [-0.25, -0.2) is 8.42 Å². The quantitative estimate of drug-likeness (QED) is 0.496. The largest absolute Gasteiger partial charge is 0.416 e. The third-order valence-corrected chi connectivity index (χ3v) is 7.09. The van der Waals surface area contributed by atoms with Crippen LogP contribution >= 0.6 is 11.6 Å². The van der Waals surface area contributed by atoms with Gasteiger partial charge in [-0.3, -0.25) is 14.9 Å². The monoisotopic (exact) mass is 477 g/mol. The molecule has 31 heavy (non-hydrogen) atoms. The van der Waals surface area contributed by atoms with Crippen molar-refractivity contribution in [3.63, 3.8) is 0 Å². The number of halogens is 4. The van der Waals surface area contributed by atoms with Gasteiger partial charge in [0.25, 0.3) is 11.6 Å². The zero-order valence-electron chi connectivity index (χ0n) is 15.7. The molecule has 1 aliphatic heterocycles. The summed E-state index contributed by atoms with van der Waals surface area (Å²) in [5, 5.41) is 10.5. The van der Waals surface area contributed by atoms with Crippen LogP contribution in [0.25, 0.3) is 0 Å². The summed E-state index contributed by atoms with van der Waals surface area (Å²) in [7, 11) is -4.33. The van der Waals surface area contributed by atoms with E-state index in [4.69, 9.17) is 11.6 Å². The highest BCUT2D eigenvalue weighted by molar-refractivity contribution is 7.89. The molecule has 1 aliphatic rings. The topological polar surface area (TPSA) is 101 Å². The number of nitro groups is 1. The van der Waals surface area contributed by atoms with Gasteiger partial charge in [0.15, 0.2) is 0 Å². The first-order valence-electron chi connectivity index (χ1n) is 8.82. The van der Waals surface area contributed by atoms with Gasteiger partial charge >= 0.3 is 6.18 Å². The average Bonchev–Trinajstić information content (AvgIpc) is 2.72. The Balaban J connectivity index is 1.77. The Kier molecular flexibility index (Phi) is 6.25. The predicted octanol–water partition coefficient (Wildman–Crippen LogP) is 3.41. The van der Waals surface area contributed by atoms with E-state index < -0.39 is 37.5 Å². The Morgan fingerprint density at radius 2 is 1.71 bits per heavy atom. The maximum Gasteiger partial charge on any atom is 0.416 e. The lowest BCUT2D eigenvalue weighted by atomic mass is 10.1. The number of hydrogen-bond donors (Lipinski definition) is 0. The van der Waals surface area contributed by atoms with E-state index in [2.05, 4.69) is 0 Å². The van der Waals surface area contributed by atoms with Crippen LogP contribution in [0.1, 0.15) is 15.9 Å². The molecule has 1 fully saturated rings. The molecule has 3 rings (SSSR count). The minimum absolute atomic E-state index is 0.0443. The number of sulfonamides is 1. The van der Waals surface area contributed by atoms with Crippen molar-refractivity contribution in [2.24, 2.45) is 0 Å². The molecule has 0 radical (unpaired) electrons. The summed E-state index contributed by atoms with van der Waals surface area (Å²) in [5.41, 5.74) is -1.33. The van der Waals surface area contributed by atoms with E-state index in [0.29, 0.717) is 12.1 Å². The van der Waals surface area contributed by atoms with Crippen LogP contribution < -0.4 is 0 Å². The summed E-state index contributed by atoms with van der Waals surface area (Å²) in [6, 6.07) is 7.17. The number of benzene rings is 2. The molecule has 0 N–H and O–H groups in total. The number of nitro benzene ring substituents is 1. The number of carbonyl (C=O) groups is 1. The molecule has 0 spiro atoms. The van der Waals surface area contributed by atoms with Crippen molar-refractivity contribution in [3.05, 3.63) is 68.7 Å². The van der Waals surface area contributed by atoms with E-state index in [0.717, 1.165) is 16.4 Å². The maximum atomic E-state index is 13.0. The van der Waals surface area contributed by atoms with E-state index in [-0.39, 0.29) is 42.5 Å². The van der Waals surface area contributed by atoms with E-state index in [1.165, 1.54) is 23.1 Å². The SMILES string of the molecule is O=C(c1cccc([N+](=O)[O-])c1)N1CCN(S(=O)(=O)c2cc(C(F)(F)F)ccc2Cl)CC1. The van der Waals surface area contributed by atoms with E-state index in [9.17, 15) is 36.5 Å². The highest BCUT2D eigenvalue weighted by atomic mass is 35.5. The molecule has 2 aromatic rings. The summed E-state index contributed by atoms with van der Waals surface area (Å²) in [6.07, 6.45) is -4.74. The molecular formula is C18H15ClF3N3O5S. The molecular weight excluding hydrogens is 463 g/mol. The van der Waals surface area contributed by atoms with Crippen LogP contribution in [0, 0.1) is 10.1 Å². The van der Waals surface area contributed by atoms with Crippen molar-refractivity contribution in [2.45, 2.75) is 11.1 Å². The molecule has 0 saturated carbocycles. The first-order chi connectivity index (χ1) is 14.4. The summed E-state index contributed by atoms with van der Waals surface area (Å²) >= 11 is 5.86. The lowest BCUT2D eigenvalue weighted by Gasteiger charge is -2.34. The Labute approximate surface area is 180 Å². The average molecular weight is 478 g/mol. The van der Waals surface area contributed by atoms with Crippen LogP contribution in [0.15, 0.2) is 47.4 Å². The number of non-ortho nitro benzene ring substituents is 1. The van der Waals surface area contributed by atoms with Gasteiger partial charge in [-0.15, -0.1) is 0 Å². The number of piperazine rings is 1. The van der Waals surface area contributed by atoms with E-state index in [1.54, 1.807) is 0 Å². The van der Waals surface area contributed by atoms with Crippen LogP contribution in [0.4, 0.5) is 18.9 Å². The van der Waals surface area contributed by atoms with Crippen molar-refractivity contribution in [3.8, 4) is 0 Å². The smallest absolute Gasteiger partial charge is 0.336 e. The number of carbonyl (C=O) groups excluding carboxylic acids is 1. The molecule has 0 aromatic heterocycles. The number of rotatable bonds is 4. The lowest BCUT2D eigenvalue weighted by Crippen LogP contribution is -2.50. The van der Waals surface area contributed by atoms with Gasteiger partial charge in [0.1, 0.15) is 4.90 Å². The van der Waals surface area contributed by atoms with Crippen molar-refractivity contribution in [1.29, 1.82) is 0 Å². The third kappa shape index (κ3) is 4.81. The second-order valence-corrected chi connectivity index (χ2v) is 8.96. The van der Waals surface area contributed by atoms with Gasteiger partial charge in [0, 0.05) is 43.9 Å². The molecule has 0 aliphatic carbocycles. The van der Waals surface area contributed by atoms with Crippen molar-refractivity contribution >= 4 is 33.2 Å². The minimum atomic E-state index is -4.74. The highest BCUT2D eigenvalue weighted by Crippen LogP contribution is 2.34. The molecule has 1 saturated heterocycles. The normalized spacial score (nSPS) is 15.7. The number of amides is 1. The number of alkyl halides is 3. The Morgan fingerprint density at radius 1 is 1.06 bits per heavy atom.